The number of nitrogens with one attached hydrogen (secondary N) is 2. The van der Waals surface area contributed by atoms with E-state index in [9.17, 15) is 18.0 Å². The molecule has 0 saturated carbocycles. The quantitative estimate of drug-likeness (QED) is 0.536. The smallest absolute Gasteiger partial charge is 0.324 e. The van der Waals surface area contributed by atoms with Gasteiger partial charge in [0.15, 0.2) is 6.61 Å². The van der Waals surface area contributed by atoms with Gasteiger partial charge in [-0.05, 0) is 26.0 Å². The second-order valence-electron chi connectivity index (χ2n) is 4.74. The van der Waals surface area contributed by atoms with E-state index in [-0.39, 0.29) is 11.4 Å². The zero-order valence-corrected chi connectivity index (χ0v) is 13.6. The van der Waals surface area contributed by atoms with Gasteiger partial charge in [0.05, 0.1) is 11.4 Å². The second-order valence-corrected chi connectivity index (χ2v) is 6.46. The largest absolute Gasteiger partial charge is 0.454 e. The van der Waals surface area contributed by atoms with Crippen molar-refractivity contribution in [3.05, 3.63) is 29.8 Å². The van der Waals surface area contributed by atoms with E-state index in [1.54, 1.807) is 12.1 Å². The van der Waals surface area contributed by atoms with Gasteiger partial charge in [0.1, 0.15) is 6.04 Å². The number of sulfonamides is 1. The standard InChI is InChI=1S/C15H18N2O5S/c1-4-9-16-14(18)10-22-15(19)12(3)17-23(20,21)13-7-5-11(2)6-8-13/h1,5-8,12,17H,9-10H2,2-3H3,(H,16,18)/t12-/m0/s1. The lowest BCUT2D eigenvalue weighted by atomic mass is 10.2. The Labute approximate surface area is 135 Å². The van der Waals surface area contributed by atoms with Crippen LogP contribution in [0.3, 0.4) is 0 Å². The van der Waals surface area contributed by atoms with E-state index in [0.29, 0.717) is 0 Å². The maximum absolute atomic E-state index is 12.1. The molecule has 1 rings (SSSR count). The van der Waals surface area contributed by atoms with E-state index in [2.05, 4.69) is 16.0 Å². The first-order chi connectivity index (χ1) is 10.8. The van der Waals surface area contributed by atoms with Crippen molar-refractivity contribution in [3.8, 4) is 12.3 Å². The number of carbonyl (C=O) groups excluding carboxylic acids is 2. The predicted molar refractivity (Wildman–Crippen MR) is 83.8 cm³/mol. The molecule has 0 aromatic heterocycles. The van der Waals surface area contributed by atoms with Crippen LogP contribution in [0.5, 0.6) is 0 Å². The fourth-order valence-corrected chi connectivity index (χ4v) is 2.72. The van der Waals surface area contributed by atoms with Crippen LogP contribution in [0.4, 0.5) is 0 Å². The highest BCUT2D eigenvalue weighted by atomic mass is 32.2. The van der Waals surface area contributed by atoms with Crippen LogP contribution in [0, 0.1) is 19.3 Å². The number of aryl methyl sites for hydroxylation is 1. The van der Waals surface area contributed by atoms with E-state index in [4.69, 9.17) is 11.2 Å². The molecule has 1 aromatic carbocycles. The highest BCUT2D eigenvalue weighted by Crippen LogP contribution is 2.10. The molecule has 8 heteroatoms. The first-order valence-electron chi connectivity index (χ1n) is 6.72. The van der Waals surface area contributed by atoms with Gasteiger partial charge in [0, 0.05) is 0 Å². The third-order valence-electron chi connectivity index (χ3n) is 2.75. The van der Waals surface area contributed by atoms with Crippen LogP contribution in [0.15, 0.2) is 29.2 Å². The Bertz CT molecular complexity index is 704. The van der Waals surface area contributed by atoms with Crippen LogP contribution in [0.25, 0.3) is 0 Å². The van der Waals surface area contributed by atoms with E-state index < -0.39 is 34.5 Å². The van der Waals surface area contributed by atoms with Gasteiger partial charge in [0.2, 0.25) is 10.0 Å². The van der Waals surface area contributed by atoms with Crippen molar-refractivity contribution in [2.45, 2.75) is 24.8 Å². The molecule has 0 heterocycles. The Hall–Kier alpha value is -2.37. The Balaban J connectivity index is 2.59. The third-order valence-corrected chi connectivity index (χ3v) is 4.31. The van der Waals surface area contributed by atoms with Crippen molar-refractivity contribution in [3.63, 3.8) is 0 Å². The summed E-state index contributed by atoms with van der Waals surface area (Å²) >= 11 is 0. The van der Waals surface area contributed by atoms with Crippen molar-refractivity contribution in [1.29, 1.82) is 0 Å². The summed E-state index contributed by atoms with van der Waals surface area (Å²) in [6.45, 7) is 2.64. The lowest BCUT2D eigenvalue weighted by molar-refractivity contribution is -0.149. The summed E-state index contributed by atoms with van der Waals surface area (Å²) in [5.74, 6) is 0.769. The molecule has 23 heavy (non-hydrogen) atoms. The summed E-state index contributed by atoms with van der Waals surface area (Å²) in [5.41, 5.74) is 0.911. The maximum atomic E-state index is 12.1. The molecule has 0 aliphatic carbocycles. The fraction of sp³-hybridized carbons (Fsp3) is 0.333. The molecule has 0 fully saturated rings. The van der Waals surface area contributed by atoms with Crippen LogP contribution in [-0.2, 0) is 24.3 Å². The van der Waals surface area contributed by atoms with Gasteiger partial charge in [-0.25, -0.2) is 8.42 Å². The highest BCUT2D eigenvalue weighted by molar-refractivity contribution is 7.89. The van der Waals surface area contributed by atoms with E-state index in [1.165, 1.54) is 19.1 Å². The summed E-state index contributed by atoms with van der Waals surface area (Å²) in [6, 6.07) is 5.02. The van der Waals surface area contributed by atoms with Crippen molar-refractivity contribution >= 4 is 21.9 Å². The molecule has 1 atom stereocenters. The Morgan fingerprint density at radius 2 is 1.91 bits per heavy atom. The monoisotopic (exact) mass is 338 g/mol. The number of terminal acetylenes is 1. The summed E-state index contributed by atoms with van der Waals surface area (Å²) < 4.78 is 31.1. The number of rotatable bonds is 7. The summed E-state index contributed by atoms with van der Waals surface area (Å²) in [6.07, 6.45) is 4.97. The van der Waals surface area contributed by atoms with Crippen LogP contribution in [-0.4, -0.2) is 39.5 Å². The molecule has 0 radical (unpaired) electrons. The van der Waals surface area contributed by atoms with E-state index in [1.807, 2.05) is 6.92 Å². The minimum Gasteiger partial charge on any atom is -0.454 e. The topological polar surface area (TPSA) is 102 Å². The molecule has 0 bridgehead atoms. The van der Waals surface area contributed by atoms with Crippen molar-refractivity contribution in [2.75, 3.05) is 13.2 Å². The SMILES string of the molecule is C#CCNC(=O)COC(=O)[C@H](C)NS(=O)(=O)c1ccc(C)cc1. The zero-order valence-electron chi connectivity index (χ0n) is 12.8. The van der Waals surface area contributed by atoms with E-state index >= 15 is 0 Å². The van der Waals surface area contributed by atoms with Crippen molar-refractivity contribution < 1.29 is 22.7 Å². The lowest BCUT2D eigenvalue weighted by Gasteiger charge is -2.13. The summed E-state index contributed by atoms with van der Waals surface area (Å²) in [5, 5.41) is 2.32. The molecule has 124 valence electrons. The lowest BCUT2D eigenvalue weighted by Crippen LogP contribution is -2.40. The molecule has 0 aliphatic heterocycles. The highest BCUT2D eigenvalue weighted by Gasteiger charge is 2.23. The predicted octanol–water partition coefficient (Wildman–Crippen LogP) is -0.0456. The average molecular weight is 338 g/mol. The van der Waals surface area contributed by atoms with Gasteiger partial charge in [0.25, 0.3) is 5.91 Å². The van der Waals surface area contributed by atoms with Crippen LogP contribution in [0.1, 0.15) is 12.5 Å². The van der Waals surface area contributed by atoms with Crippen LogP contribution in [0.2, 0.25) is 0 Å². The van der Waals surface area contributed by atoms with Gasteiger partial charge in [-0.3, -0.25) is 9.59 Å². The van der Waals surface area contributed by atoms with Crippen molar-refractivity contribution in [2.24, 2.45) is 0 Å². The first kappa shape index (κ1) is 18.7. The number of hydrogen-bond donors (Lipinski definition) is 2. The number of carbonyl (C=O) groups is 2. The molecule has 0 unspecified atom stereocenters. The minimum atomic E-state index is -3.85. The zero-order chi connectivity index (χ0) is 17.5. The van der Waals surface area contributed by atoms with E-state index in [0.717, 1.165) is 5.56 Å². The Morgan fingerprint density at radius 3 is 2.48 bits per heavy atom. The molecule has 1 aromatic rings. The Kier molecular flexibility index (Phi) is 6.75. The molecule has 2 N–H and O–H groups in total. The normalized spacial score (nSPS) is 12.0. The number of ether oxygens (including phenoxy) is 1. The maximum Gasteiger partial charge on any atom is 0.324 e. The molecule has 0 saturated heterocycles. The molecular weight excluding hydrogens is 320 g/mol. The van der Waals surface area contributed by atoms with Gasteiger partial charge in [-0.2, -0.15) is 4.72 Å². The summed E-state index contributed by atoms with van der Waals surface area (Å²) in [7, 11) is -3.85. The fourth-order valence-electron chi connectivity index (χ4n) is 1.53. The summed E-state index contributed by atoms with van der Waals surface area (Å²) in [4.78, 5) is 23.0. The molecular formula is C15H18N2O5S. The average Bonchev–Trinajstić information content (AvgIpc) is 2.50. The van der Waals surface area contributed by atoms with Gasteiger partial charge >= 0.3 is 5.97 Å². The molecule has 0 spiro atoms. The molecule has 7 nitrogen and oxygen atoms in total. The van der Waals surface area contributed by atoms with Crippen LogP contribution < -0.4 is 10.0 Å². The van der Waals surface area contributed by atoms with Gasteiger partial charge < -0.3 is 10.1 Å². The minimum absolute atomic E-state index is 0.0198. The van der Waals surface area contributed by atoms with Gasteiger partial charge in [-0.15, -0.1) is 6.42 Å². The van der Waals surface area contributed by atoms with Gasteiger partial charge in [-0.1, -0.05) is 23.6 Å². The van der Waals surface area contributed by atoms with Crippen LogP contribution >= 0.6 is 0 Å². The number of benzene rings is 1. The number of hydrogen-bond acceptors (Lipinski definition) is 5. The number of esters is 1. The second kappa shape index (κ2) is 8.31. The van der Waals surface area contributed by atoms with Crippen molar-refractivity contribution in [1.82, 2.24) is 10.0 Å². The Morgan fingerprint density at radius 1 is 1.30 bits per heavy atom. The molecule has 1 amide bonds. The number of amides is 1. The molecule has 0 aliphatic rings. The third kappa shape index (κ3) is 6.10. The first-order valence-corrected chi connectivity index (χ1v) is 8.20.